The Morgan fingerprint density at radius 3 is 2.60 bits per heavy atom. The third kappa shape index (κ3) is 6.97. The summed E-state index contributed by atoms with van der Waals surface area (Å²) < 4.78 is 11.0. The standard InChI is InChI=1S/C23H34N4O2.HI/c1-18-6-8-19(9-7-18)21-27-20(16-29-21)10-14-25-22(24-2)26-17-23(13-15-28-3)11-4-5-12-23;/h6-9,16H,4-5,10-15,17H2,1-3H3,(H2,24,25,26);1H. The van der Waals surface area contributed by atoms with Gasteiger partial charge in [0, 0.05) is 45.8 Å². The van der Waals surface area contributed by atoms with Gasteiger partial charge >= 0.3 is 0 Å². The zero-order chi connectivity index (χ0) is 20.5. The fourth-order valence-electron chi connectivity index (χ4n) is 4.01. The molecule has 1 aromatic heterocycles. The van der Waals surface area contributed by atoms with E-state index in [9.17, 15) is 0 Å². The van der Waals surface area contributed by atoms with Gasteiger partial charge in [0.2, 0.25) is 5.89 Å². The molecule has 1 aromatic carbocycles. The number of nitrogens with one attached hydrogen (secondary N) is 2. The number of hydrogen-bond acceptors (Lipinski definition) is 4. The number of nitrogens with zero attached hydrogens (tertiary/aromatic N) is 2. The maximum absolute atomic E-state index is 5.64. The maximum atomic E-state index is 5.64. The van der Waals surface area contributed by atoms with E-state index < -0.39 is 0 Å². The second-order valence-electron chi connectivity index (χ2n) is 8.06. The van der Waals surface area contributed by atoms with Crippen molar-refractivity contribution in [2.24, 2.45) is 10.4 Å². The number of rotatable bonds is 9. The minimum absolute atomic E-state index is 0. The van der Waals surface area contributed by atoms with Crippen LogP contribution in [0.2, 0.25) is 0 Å². The average Bonchev–Trinajstić information content (AvgIpc) is 3.40. The number of ether oxygens (including phenoxy) is 1. The quantitative estimate of drug-likeness (QED) is 0.285. The van der Waals surface area contributed by atoms with Gasteiger partial charge in [-0.25, -0.2) is 4.98 Å². The van der Waals surface area contributed by atoms with Crippen molar-refractivity contribution >= 4 is 29.9 Å². The zero-order valence-electron chi connectivity index (χ0n) is 18.4. The van der Waals surface area contributed by atoms with Gasteiger partial charge in [-0.05, 0) is 43.7 Å². The molecule has 0 saturated heterocycles. The average molecular weight is 526 g/mol. The Morgan fingerprint density at radius 2 is 1.93 bits per heavy atom. The van der Waals surface area contributed by atoms with Crippen LogP contribution in [0.5, 0.6) is 0 Å². The molecule has 166 valence electrons. The van der Waals surface area contributed by atoms with Crippen LogP contribution in [0.15, 0.2) is 39.9 Å². The highest BCUT2D eigenvalue weighted by atomic mass is 127. The molecule has 2 aromatic rings. The van der Waals surface area contributed by atoms with Crippen LogP contribution in [0.25, 0.3) is 11.5 Å². The third-order valence-electron chi connectivity index (χ3n) is 5.88. The molecule has 1 saturated carbocycles. The minimum Gasteiger partial charge on any atom is -0.444 e. The van der Waals surface area contributed by atoms with E-state index in [-0.39, 0.29) is 24.0 Å². The van der Waals surface area contributed by atoms with Gasteiger partial charge in [-0.3, -0.25) is 4.99 Å². The number of aromatic nitrogens is 1. The highest BCUT2D eigenvalue weighted by Gasteiger charge is 2.33. The van der Waals surface area contributed by atoms with Gasteiger partial charge in [0.15, 0.2) is 5.96 Å². The summed E-state index contributed by atoms with van der Waals surface area (Å²) in [6, 6.07) is 8.22. The van der Waals surface area contributed by atoms with Gasteiger partial charge in [0.05, 0.1) is 5.69 Å². The maximum Gasteiger partial charge on any atom is 0.226 e. The van der Waals surface area contributed by atoms with Crippen LogP contribution in [0.4, 0.5) is 0 Å². The SMILES string of the molecule is CN=C(NCCc1coc(-c2ccc(C)cc2)n1)NCC1(CCOC)CCCC1.I. The summed E-state index contributed by atoms with van der Waals surface area (Å²) >= 11 is 0. The number of aryl methyl sites for hydroxylation is 1. The Hall–Kier alpha value is -1.61. The van der Waals surface area contributed by atoms with Gasteiger partial charge in [-0.15, -0.1) is 24.0 Å². The molecule has 3 rings (SSSR count). The molecule has 1 aliphatic rings. The molecule has 1 heterocycles. The number of aliphatic imine (C=N–C) groups is 1. The molecule has 7 heteroatoms. The third-order valence-corrected chi connectivity index (χ3v) is 5.88. The van der Waals surface area contributed by atoms with Crippen molar-refractivity contribution in [2.45, 2.75) is 45.4 Å². The van der Waals surface area contributed by atoms with Crippen molar-refractivity contribution in [2.75, 3.05) is 33.9 Å². The van der Waals surface area contributed by atoms with Crippen molar-refractivity contribution in [3.8, 4) is 11.5 Å². The highest BCUT2D eigenvalue weighted by Crippen LogP contribution is 2.40. The van der Waals surface area contributed by atoms with Crippen LogP contribution in [-0.2, 0) is 11.2 Å². The predicted octanol–water partition coefficient (Wildman–Crippen LogP) is 4.57. The lowest BCUT2D eigenvalue weighted by Gasteiger charge is -2.29. The van der Waals surface area contributed by atoms with Crippen molar-refractivity contribution in [3.63, 3.8) is 0 Å². The summed E-state index contributed by atoms with van der Waals surface area (Å²) in [6.07, 6.45) is 8.78. The Labute approximate surface area is 197 Å². The van der Waals surface area contributed by atoms with Crippen molar-refractivity contribution in [1.29, 1.82) is 0 Å². The summed E-state index contributed by atoms with van der Waals surface area (Å²) in [5, 5.41) is 6.92. The van der Waals surface area contributed by atoms with E-state index in [4.69, 9.17) is 9.15 Å². The molecule has 0 amide bonds. The first-order chi connectivity index (χ1) is 14.1. The highest BCUT2D eigenvalue weighted by molar-refractivity contribution is 14.0. The molecule has 0 atom stereocenters. The molecule has 0 aliphatic heterocycles. The largest absolute Gasteiger partial charge is 0.444 e. The molecule has 2 N–H and O–H groups in total. The number of hydrogen-bond donors (Lipinski definition) is 2. The van der Waals surface area contributed by atoms with Crippen LogP contribution in [-0.4, -0.2) is 44.8 Å². The fourth-order valence-corrected chi connectivity index (χ4v) is 4.01. The van der Waals surface area contributed by atoms with E-state index in [2.05, 4.69) is 39.7 Å². The normalized spacial score (nSPS) is 15.6. The van der Waals surface area contributed by atoms with Crippen molar-refractivity contribution in [1.82, 2.24) is 15.6 Å². The number of methoxy groups -OCH3 is 1. The number of guanidine groups is 1. The summed E-state index contributed by atoms with van der Waals surface area (Å²) in [5.41, 5.74) is 3.51. The lowest BCUT2D eigenvalue weighted by molar-refractivity contribution is 0.138. The molecule has 0 bridgehead atoms. The summed E-state index contributed by atoms with van der Waals surface area (Å²) in [6.45, 7) is 4.59. The molecule has 1 aliphatic carbocycles. The van der Waals surface area contributed by atoms with Crippen LogP contribution in [0, 0.1) is 12.3 Å². The fraction of sp³-hybridized carbons (Fsp3) is 0.565. The summed E-state index contributed by atoms with van der Waals surface area (Å²) in [7, 11) is 3.60. The van der Waals surface area contributed by atoms with Crippen LogP contribution >= 0.6 is 24.0 Å². The Bertz CT molecular complexity index is 783. The van der Waals surface area contributed by atoms with E-state index >= 15 is 0 Å². The molecular formula is C23H35IN4O2. The van der Waals surface area contributed by atoms with E-state index in [1.54, 1.807) is 13.4 Å². The van der Waals surface area contributed by atoms with Gasteiger partial charge in [-0.1, -0.05) is 30.5 Å². The lowest BCUT2D eigenvalue weighted by atomic mass is 9.83. The molecule has 0 unspecified atom stereocenters. The number of halogens is 1. The minimum atomic E-state index is 0. The van der Waals surface area contributed by atoms with Gasteiger partial charge in [0.1, 0.15) is 6.26 Å². The molecule has 0 spiro atoms. The summed E-state index contributed by atoms with van der Waals surface area (Å²) in [5.74, 6) is 1.51. The smallest absolute Gasteiger partial charge is 0.226 e. The van der Waals surface area contributed by atoms with Crippen LogP contribution in [0.1, 0.15) is 43.4 Å². The Kier molecular flexibility index (Phi) is 10.1. The second-order valence-corrected chi connectivity index (χ2v) is 8.06. The van der Waals surface area contributed by atoms with Crippen LogP contribution < -0.4 is 10.6 Å². The Balaban J connectivity index is 0.00000320. The second kappa shape index (κ2) is 12.3. The van der Waals surface area contributed by atoms with Gasteiger partial charge in [-0.2, -0.15) is 0 Å². The van der Waals surface area contributed by atoms with E-state index in [1.807, 2.05) is 19.2 Å². The first kappa shape index (κ1) is 24.7. The predicted molar refractivity (Wildman–Crippen MR) is 133 cm³/mol. The van der Waals surface area contributed by atoms with Crippen LogP contribution in [0.3, 0.4) is 0 Å². The van der Waals surface area contributed by atoms with E-state index in [1.165, 1.54) is 31.2 Å². The van der Waals surface area contributed by atoms with Gasteiger partial charge in [0.25, 0.3) is 0 Å². The number of benzene rings is 1. The van der Waals surface area contributed by atoms with Gasteiger partial charge < -0.3 is 19.8 Å². The molecule has 0 radical (unpaired) electrons. The first-order valence-corrected chi connectivity index (χ1v) is 10.6. The zero-order valence-corrected chi connectivity index (χ0v) is 20.7. The monoisotopic (exact) mass is 526 g/mol. The first-order valence-electron chi connectivity index (χ1n) is 10.6. The molecule has 1 fully saturated rings. The molecular weight excluding hydrogens is 491 g/mol. The van der Waals surface area contributed by atoms with Crippen molar-refractivity contribution in [3.05, 3.63) is 41.8 Å². The Morgan fingerprint density at radius 1 is 1.20 bits per heavy atom. The number of oxazole rings is 1. The molecule has 30 heavy (non-hydrogen) atoms. The lowest BCUT2D eigenvalue weighted by Crippen LogP contribution is -2.43. The molecule has 6 nitrogen and oxygen atoms in total. The van der Waals surface area contributed by atoms with Crippen molar-refractivity contribution < 1.29 is 9.15 Å². The van der Waals surface area contributed by atoms with E-state index in [0.29, 0.717) is 11.3 Å². The summed E-state index contributed by atoms with van der Waals surface area (Å²) in [4.78, 5) is 8.98. The van der Waals surface area contributed by atoms with E-state index in [0.717, 1.165) is 49.8 Å². The topological polar surface area (TPSA) is 71.7 Å².